The van der Waals surface area contributed by atoms with Gasteiger partial charge in [0, 0.05) is 6.61 Å². The Kier molecular flexibility index (Phi) is 10.5. The highest BCUT2D eigenvalue weighted by atomic mass is 16.8. The summed E-state index contributed by atoms with van der Waals surface area (Å²) in [5, 5.41) is 17.5. The van der Waals surface area contributed by atoms with Gasteiger partial charge in [0.15, 0.2) is 11.6 Å². The van der Waals surface area contributed by atoms with Gasteiger partial charge < -0.3 is 38.6 Å². The number of ether oxygens (including phenoxy) is 6. The van der Waals surface area contributed by atoms with E-state index in [1.807, 2.05) is 27.7 Å². The second-order valence-corrected chi connectivity index (χ2v) is 7.35. The van der Waals surface area contributed by atoms with Gasteiger partial charge in [-0.3, -0.25) is 0 Å². The summed E-state index contributed by atoms with van der Waals surface area (Å²) in [6.45, 7) is 12.4. The van der Waals surface area contributed by atoms with Crippen LogP contribution in [-0.2, 0) is 28.4 Å². The van der Waals surface area contributed by atoms with Crippen molar-refractivity contribution in [3.05, 3.63) is 0 Å². The molecule has 0 amide bonds. The first-order valence-corrected chi connectivity index (χ1v) is 9.25. The maximum Gasteiger partial charge on any atom is 0.163 e. The van der Waals surface area contributed by atoms with Gasteiger partial charge in [-0.05, 0) is 34.1 Å². The van der Waals surface area contributed by atoms with Crippen molar-refractivity contribution in [3.8, 4) is 0 Å². The molecule has 0 bridgehead atoms. The van der Waals surface area contributed by atoms with Crippen molar-refractivity contribution in [1.82, 2.24) is 0 Å². The molecular weight excluding hydrogens is 344 g/mol. The summed E-state index contributed by atoms with van der Waals surface area (Å²) in [7, 11) is 0. The Balaban J connectivity index is 0.000000263. The van der Waals surface area contributed by atoms with Crippen molar-refractivity contribution < 1.29 is 38.6 Å². The van der Waals surface area contributed by atoms with E-state index in [0.717, 1.165) is 13.0 Å². The van der Waals surface area contributed by atoms with Gasteiger partial charge in [0.05, 0.1) is 39.6 Å². The van der Waals surface area contributed by atoms with Gasteiger partial charge in [-0.1, -0.05) is 6.92 Å². The maximum absolute atomic E-state index is 8.99. The number of hydrogen-bond donors (Lipinski definition) is 2. The van der Waals surface area contributed by atoms with Gasteiger partial charge in [0.1, 0.15) is 18.3 Å². The largest absolute Gasteiger partial charge is 0.394 e. The lowest BCUT2D eigenvalue weighted by atomic mass is 10.4. The number of aliphatic hydroxyl groups excluding tert-OH is 2. The normalized spacial score (nSPS) is 27.8. The van der Waals surface area contributed by atoms with Crippen molar-refractivity contribution in [3.63, 3.8) is 0 Å². The van der Waals surface area contributed by atoms with Crippen LogP contribution in [0, 0.1) is 0 Å². The molecule has 2 rings (SSSR count). The molecule has 156 valence electrons. The second-order valence-electron chi connectivity index (χ2n) is 7.35. The maximum atomic E-state index is 8.99. The first-order chi connectivity index (χ1) is 12.2. The molecule has 8 nitrogen and oxygen atoms in total. The van der Waals surface area contributed by atoms with E-state index in [2.05, 4.69) is 6.92 Å². The van der Waals surface area contributed by atoms with Crippen LogP contribution < -0.4 is 0 Å². The van der Waals surface area contributed by atoms with Gasteiger partial charge in [0.25, 0.3) is 0 Å². The Morgan fingerprint density at radius 2 is 1.46 bits per heavy atom. The van der Waals surface area contributed by atoms with Gasteiger partial charge in [-0.25, -0.2) is 0 Å². The predicted octanol–water partition coefficient (Wildman–Crippen LogP) is 1.07. The third-order valence-electron chi connectivity index (χ3n) is 3.61. The Labute approximate surface area is 156 Å². The minimum Gasteiger partial charge on any atom is -0.394 e. The van der Waals surface area contributed by atoms with E-state index in [9.17, 15) is 0 Å². The van der Waals surface area contributed by atoms with E-state index in [-0.39, 0.29) is 25.4 Å². The smallest absolute Gasteiger partial charge is 0.163 e. The SMILES string of the molecule is CC1(C)OCC(COCC(O)CO)O1.CCCOCC1COC(C)(C)O1. The van der Waals surface area contributed by atoms with Crippen LogP contribution >= 0.6 is 0 Å². The van der Waals surface area contributed by atoms with Crippen LogP contribution in [0.4, 0.5) is 0 Å². The Morgan fingerprint density at radius 1 is 0.962 bits per heavy atom. The number of rotatable bonds is 9. The molecule has 0 aromatic carbocycles. The fraction of sp³-hybridized carbons (Fsp3) is 1.00. The Morgan fingerprint density at radius 3 is 1.85 bits per heavy atom. The number of hydrogen-bond acceptors (Lipinski definition) is 8. The average Bonchev–Trinajstić information content (AvgIpc) is 3.09. The minimum absolute atomic E-state index is 0.0871. The zero-order chi connectivity index (χ0) is 19.6. The second kappa shape index (κ2) is 11.5. The van der Waals surface area contributed by atoms with Crippen LogP contribution in [0.25, 0.3) is 0 Å². The summed E-state index contributed by atoms with van der Waals surface area (Å²) in [4.78, 5) is 0. The lowest BCUT2D eigenvalue weighted by molar-refractivity contribution is -0.146. The first-order valence-electron chi connectivity index (χ1n) is 9.25. The lowest BCUT2D eigenvalue weighted by Gasteiger charge is -2.17. The molecule has 3 atom stereocenters. The molecule has 2 fully saturated rings. The van der Waals surface area contributed by atoms with E-state index < -0.39 is 17.7 Å². The van der Waals surface area contributed by atoms with Crippen LogP contribution in [0.1, 0.15) is 41.0 Å². The quantitative estimate of drug-likeness (QED) is 0.574. The van der Waals surface area contributed by atoms with Crippen molar-refractivity contribution in [1.29, 1.82) is 0 Å². The first kappa shape index (κ1) is 23.7. The summed E-state index contributed by atoms with van der Waals surface area (Å²) < 4.78 is 32.2. The van der Waals surface area contributed by atoms with Crippen molar-refractivity contribution in [2.24, 2.45) is 0 Å². The molecule has 0 aromatic rings. The third-order valence-corrected chi connectivity index (χ3v) is 3.61. The summed E-state index contributed by atoms with van der Waals surface area (Å²) in [5.74, 6) is -0.955. The molecule has 0 radical (unpaired) electrons. The van der Waals surface area contributed by atoms with Gasteiger partial charge in [-0.2, -0.15) is 0 Å². The summed E-state index contributed by atoms with van der Waals surface area (Å²) >= 11 is 0. The van der Waals surface area contributed by atoms with E-state index in [1.54, 1.807) is 0 Å². The van der Waals surface area contributed by atoms with Crippen LogP contribution in [0.15, 0.2) is 0 Å². The molecule has 0 spiro atoms. The van der Waals surface area contributed by atoms with Gasteiger partial charge >= 0.3 is 0 Å². The molecule has 26 heavy (non-hydrogen) atoms. The topological polar surface area (TPSA) is 95.8 Å². The molecule has 8 heteroatoms. The van der Waals surface area contributed by atoms with E-state index >= 15 is 0 Å². The van der Waals surface area contributed by atoms with Crippen LogP contribution in [0.3, 0.4) is 0 Å². The molecule has 2 N–H and O–H groups in total. The lowest BCUT2D eigenvalue weighted by Crippen LogP contribution is -2.26. The Bertz CT molecular complexity index is 374. The average molecular weight is 380 g/mol. The van der Waals surface area contributed by atoms with E-state index in [0.29, 0.717) is 26.4 Å². The summed E-state index contributed by atoms with van der Waals surface area (Å²) in [5.41, 5.74) is 0. The summed E-state index contributed by atoms with van der Waals surface area (Å²) in [6.07, 6.45) is 0.268. The number of aliphatic hydroxyl groups is 2. The molecule has 2 saturated heterocycles. The highest BCUT2D eigenvalue weighted by Crippen LogP contribution is 2.22. The molecular formula is C18H36O8. The van der Waals surface area contributed by atoms with Gasteiger partial charge in [-0.15, -0.1) is 0 Å². The molecule has 0 saturated carbocycles. The van der Waals surface area contributed by atoms with Crippen molar-refractivity contribution in [2.45, 2.75) is 70.9 Å². The monoisotopic (exact) mass is 380 g/mol. The Hall–Kier alpha value is -0.320. The van der Waals surface area contributed by atoms with Crippen molar-refractivity contribution >= 4 is 0 Å². The van der Waals surface area contributed by atoms with Crippen LogP contribution in [0.2, 0.25) is 0 Å². The fourth-order valence-corrected chi connectivity index (χ4v) is 2.44. The molecule has 3 unspecified atom stereocenters. The highest BCUT2D eigenvalue weighted by molar-refractivity contribution is 4.71. The van der Waals surface area contributed by atoms with Crippen molar-refractivity contribution in [2.75, 3.05) is 46.2 Å². The van der Waals surface area contributed by atoms with Crippen LogP contribution in [-0.4, -0.2) is 86.3 Å². The minimum atomic E-state index is -0.815. The van der Waals surface area contributed by atoms with Crippen LogP contribution in [0.5, 0.6) is 0 Å². The third kappa shape index (κ3) is 10.1. The highest BCUT2D eigenvalue weighted by Gasteiger charge is 2.33. The molecule has 0 aromatic heterocycles. The standard InChI is InChI=1S/C9H18O5.C9H18O3/c1-9(2)13-6-8(14-9)5-12-4-7(11)3-10;1-4-5-10-6-8-7-11-9(2,3)12-8/h7-8,10-11H,3-6H2,1-2H3;8H,4-7H2,1-3H3. The van der Waals surface area contributed by atoms with Gasteiger partial charge in [0.2, 0.25) is 0 Å². The zero-order valence-corrected chi connectivity index (χ0v) is 16.7. The zero-order valence-electron chi connectivity index (χ0n) is 16.7. The fourth-order valence-electron chi connectivity index (χ4n) is 2.44. The summed E-state index contributed by atoms with van der Waals surface area (Å²) in [6, 6.07) is 0. The van der Waals surface area contributed by atoms with E-state index in [4.69, 9.17) is 38.6 Å². The predicted molar refractivity (Wildman–Crippen MR) is 94.8 cm³/mol. The molecule has 2 aliphatic heterocycles. The molecule has 0 aliphatic carbocycles. The molecule has 2 aliphatic rings. The molecule has 2 heterocycles. The van der Waals surface area contributed by atoms with E-state index in [1.165, 1.54) is 0 Å².